The number of fused-ring (bicyclic) bond motifs is 3. The average Bonchev–Trinajstić information content (AvgIpc) is 3.17. The van der Waals surface area contributed by atoms with E-state index in [1.165, 1.54) is 23.8 Å². The molecule has 2 amide bonds. The molecule has 2 N–H and O–H groups in total. The summed E-state index contributed by atoms with van der Waals surface area (Å²) in [6.07, 6.45) is -2.22. The van der Waals surface area contributed by atoms with Gasteiger partial charge in [-0.1, -0.05) is 24.6 Å². The third-order valence-electron chi connectivity index (χ3n) is 8.10. The van der Waals surface area contributed by atoms with Gasteiger partial charge in [-0.25, -0.2) is 0 Å². The predicted molar refractivity (Wildman–Crippen MR) is 113 cm³/mol. The van der Waals surface area contributed by atoms with Crippen molar-refractivity contribution in [3.8, 4) is 0 Å². The van der Waals surface area contributed by atoms with Gasteiger partial charge in [0.1, 0.15) is 5.60 Å². The molecular weight excluding hydrogens is 460 g/mol. The molecule has 5 aliphatic heterocycles. The maximum absolute atomic E-state index is 13.7. The molecule has 32 heavy (non-hydrogen) atoms. The molecule has 2 spiro atoms. The molecule has 0 unspecified atom stereocenters. The van der Waals surface area contributed by atoms with E-state index in [1.54, 1.807) is 20.8 Å². The van der Waals surface area contributed by atoms with Gasteiger partial charge in [-0.05, 0) is 17.7 Å². The summed E-state index contributed by atoms with van der Waals surface area (Å²) in [5.74, 6) is -1.94. The third kappa shape index (κ3) is 2.16. The summed E-state index contributed by atoms with van der Waals surface area (Å²) in [5, 5.41) is 22.1. The zero-order valence-corrected chi connectivity index (χ0v) is 20.0. The zero-order chi connectivity index (χ0) is 23.6. The van der Waals surface area contributed by atoms with Crippen LogP contribution < -0.4 is 0 Å². The van der Waals surface area contributed by atoms with E-state index in [2.05, 4.69) is 0 Å². The highest BCUT2D eigenvalue weighted by molar-refractivity contribution is 8.78. The van der Waals surface area contributed by atoms with Crippen molar-refractivity contribution in [2.75, 3.05) is 13.7 Å². The molecule has 1 saturated carbocycles. The highest BCUT2D eigenvalue weighted by Gasteiger charge is 2.84. The monoisotopic (exact) mass is 486 g/mol. The van der Waals surface area contributed by atoms with Crippen LogP contribution in [0, 0.1) is 5.41 Å². The fourth-order valence-corrected chi connectivity index (χ4v) is 9.75. The standard InChI is InChI=1S/C20H26N2O8S2/c1-9-16(3,4)12(25)18(30-9)6-11-17(28,13(18)29-10(2)24)7-19-14(26)21(5)20(8-23,32-31-19)15(27)22(11)19/h9,11,13,23,28H,6-8H2,1-5H3/t9-,11+,13+,17-,18+,19-,20-/m1/s1. The van der Waals surface area contributed by atoms with Crippen LogP contribution in [0.5, 0.6) is 0 Å². The number of esters is 1. The summed E-state index contributed by atoms with van der Waals surface area (Å²) in [5.41, 5.74) is -4.41. The summed E-state index contributed by atoms with van der Waals surface area (Å²) in [4.78, 5) is 52.4. The summed E-state index contributed by atoms with van der Waals surface area (Å²) in [7, 11) is 3.67. The molecule has 5 saturated heterocycles. The number of Topliss-reactive ketones (excluding diaryl/α,β-unsaturated/α-hetero) is 1. The minimum absolute atomic E-state index is 0.106. The zero-order valence-electron chi connectivity index (χ0n) is 18.4. The molecule has 12 heteroatoms. The second-order valence-electron chi connectivity index (χ2n) is 10.0. The number of piperazine rings is 1. The van der Waals surface area contributed by atoms with Crippen LogP contribution in [0.3, 0.4) is 0 Å². The van der Waals surface area contributed by atoms with Crippen LogP contribution in [0.1, 0.15) is 40.5 Å². The summed E-state index contributed by atoms with van der Waals surface area (Å²) < 4.78 is 11.7. The Morgan fingerprint density at radius 2 is 1.91 bits per heavy atom. The topological polar surface area (TPSA) is 134 Å². The van der Waals surface area contributed by atoms with Crippen LogP contribution in [0.2, 0.25) is 0 Å². The lowest BCUT2D eigenvalue weighted by Gasteiger charge is -2.58. The highest BCUT2D eigenvalue weighted by atomic mass is 33.1. The Labute approximate surface area is 192 Å². The van der Waals surface area contributed by atoms with Crippen LogP contribution in [0.4, 0.5) is 0 Å². The van der Waals surface area contributed by atoms with Crippen molar-refractivity contribution in [2.24, 2.45) is 5.41 Å². The molecule has 2 bridgehead atoms. The summed E-state index contributed by atoms with van der Waals surface area (Å²) in [6, 6.07) is -0.999. The lowest BCUT2D eigenvalue weighted by atomic mass is 9.76. The number of aliphatic hydroxyl groups is 2. The van der Waals surface area contributed by atoms with E-state index in [4.69, 9.17) is 9.47 Å². The summed E-state index contributed by atoms with van der Waals surface area (Å²) in [6.45, 7) is 5.80. The number of nitrogens with zero attached hydrogens (tertiary/aromatic N) is 2. The van der Waals surface area contributed by atoms with E-state index in [0.717, 1.165) is 21.6 Å². The molecule has 0 radical (unpaired) electrons. The lowest BCUT2D eigenvalue weighted by molar-refractivity contribution is -0.189. The largest absolute Gasteiger partial charge is 0.456 e. The van der Waals surface area contributed by atoms with Crippen molar-refractivity contribution in [3.05, 3.63) is 0 Å². The van der Waals surface area contributed by atoms with Crippen molar-refractivity contribution in [3.63, 3.8) is 0 Å². The van der Waals surface area contributed by atoms with E-state index in [9.17, 15) is 29.4 Å². The summed E-state index contributed by atoms with van der Waals surface area (Å²) >= 11 is 0. The Bertz CT molecular complexity index is 975. The normalized spacial score (nSPS) is 48.6. The fraction of sp³-hybridized carbons (Fsp3) is 0.800. The Morgan fingerprint density at radius 1 is 1.25 bits per heavy atom. The van der Waals surface area contributed by atoms with Gasteiger partial charge in [0.15, 0.2) is 22.4 Å². The van der Waals surface area contributed by atoms with Crippen molar-refractivity contribution < 1.29 is 38.9 Å². The number of ether oxygens (including phenoxy) is 2. The van der Waals surface area contributed by atoms with Gasteiger partial charge in [0.2, 0.25) is 4.87 Å². The molecule has 7 atom stereocenters. The minimum atomic E-state index is -1.88. The highest BCUT2D eigenvalue weighted by Crippen LogP contribution is 2.69. The Kier molecular flexibility index (Phi) is 4.35. The number of amides is 2. The molecule has 0 aromatic carbocycles. The smallest absolute Gasteiger partial charge is 0.303 e. The van der Waals surface area contributed by atoms with Crippen LogP contribution in [0.15, 0.2) is 0 Å². The van der Waals surface area contributed by atoms with E-state index >= 15 is 0 Å². The van der Waals surface area contributed by atoms with E-state index < -0.39 is 69.0 Å². The number of hydrogen-bond donors (Lipinski definition) is 2. The third-order valence-corrected chi connectivity index (χ3v) is 11.7. The van der Waals surface area contributed by atoms with Crippen molar-refractivity contribution >= 4 is 45.2 Å². The van der Waals surface area contributed by atoms with Gasteiger partial charge >= 0.3 is 5.97 Å². The van der Waals surface area contributed by atoms with Crippen molar-refractivity contribution in [1.82, 2.24) is 9.80 Å². The van der Waals surface area contributed by atoms with Gasteiger partial charge in [-0.2, -0.15) is 0 Å². The van der Waals surface area contributed by atoms with Gasteiger partial charge < -0.3 is 29.5 Å². The molecule has 10 nitrogen and oxygen atoms in total. The molecule has 6 aliphatic rings. The molecular formula is C20H26N2O8S2. The number of likely N-dealkylation sites (N-methyl/N-ethyl adjacent to an activating group) is 1. The minimum Gasteiger partial charge on any atom is -0.456 e. The second-order valence-corrected chi connectivity index (χ2v) is 12.7. The van der Waals surface area contributed by atoms with Crippen LogP contribution in [0.25, 0.3) is 0 Å². The molecule has 176 valence electrons. The van der Waals surface area contributed by atoms with Gasteiger partial charge in [-0.3, -0.25) is 19.2 Å². The van der Waals surface area contributed by atoms with Crippen LogP contribution in [-0.2, 0) is 28.7 Å². The average molecular weight is 487 g/mol. The molecule has 0 aromatic heterocycles. The molecule has 6 rings (SSSR count). The SMILES string of the molecule is CC(=O)O[C@H]1[C@@]2(O)C[C@]34SS[C@](CO)(C(=O)N3[C@H]2C[C@@]12O[C@H](C)C(C)(C)C2=O)N(C)C4=O. The first-order valence-electron chi connectivity index (χ1n) is 10.5. The Balaban J connectivity index is 1.67. The fourth-order valence-electron chi connectivity index (χ4n) is 6.10. The van der Waals surface area contributed by atoms with Crippen LogP contribution >= 0.6 is 21.6 Å². The number of rotatable bonds is 2. The van der Waals surface area contributed by atoms with E-state index in [0.29, 0.717) is 0 Å². The lowest BCUT2D eigenvalue weighted by Crippen LogP contribution is -2.77. The first kappa shape index (κ1) is 22.5. The van der Waals surface area contributed by atoms with Crippen LogP contribution in [-0.4, -0.2) is 96.4 Å². The maximum atomic E-state index is 13.7. The number of aliphatic hydroxyl groups excluding tert-OH is 1. The number of ketones is 1. The van der Waals surface area contributed by atoms with Gasteiger partial charge in [0.05, 0.1) is 24.2 Å². The second kappa shape index (κ2) is 6.21. The Hall–Kier alpha value is -1.34. The molecule has 6 fully saturated rings. The van der Waals surface area contributed by atoms with E-state index in [1.807, 2.05) is 0 Å². The number of hydrogen-bond acceptors (Lipinski definition) is 10. The van der Waals surface area contributed by atoms with E-state index in [-0.39, 0.29) is 18.6 Å². The molecule has 5 heterocycles. The molecule has 1 aliphatic carbocycles. The van der Waals surface area contributed by atoms with Gasteiger partial charge in [0, 0.05) is 26.8 Å². The first-order valence-corrected chi connectivity index (χ1v) is 12.6. The number of carbonyl (C=O) groups excluding carboxylic acids is 4. The predicted octanol–water partition coefficient (Wildman–Crippen LogP) is -0.341. The molecule has 0 aromatic rings. The quantitative estimate of drug-likeness (QED) is 0.394. The van der Waals surface area contributed by atoms with Crippen molar-refractivity contribution in [1.29, 1.82) is 0 Å². The first-order chi connectivity index (χ1) is 14.7. The van der Waals surface area contributed by atoms with Gasteiger partial charge in [-0.15, -0.1) is 0 Å². The van der Waals surface area contributed by atoms with Gasteiger partial charge in [0.25, 0.3) is 11.8 Å². The maximum Gasteiger partial charge on any atom is 0.303 e. The van der Waals surface area contributed by atoms with Crippen molar-refractivity contribution in [2.45, 2.75) is 79.7 Å². The Morgan fingerprint density at radius 3 is 2.44 bits per heavy atom. The number of carbonyl (C=O) groups is 4.